The summed E-state index contributed by atoms with van der Waals surface area (Å²) in [6, 6.07) is 10.1. The van der Waals surface area contributed by atoms with E-state index in [1.165, 1.54) is 9.96 Å². The van der Waals surface area contributed by atoms with Crippen molar-refractivity contribution >= 4 is 17.7 Å². The van der Waals surface area contributed by atoms with Gasteiger partial charge in [0.05, 0.1) is 13.2 Å². The number of thioether (sulfide) groups is 1. The molecule has 4 heteroatoms. The summed E-state index contributed by atoms with van der Waals surface area (Å²) in [5, 5.41) is 1.49. The van der Waals surface area contributed by atoms with Crippen molar-refractivity contribution in [2.24, 2.45) is 0 Å². The minimum Gasteiger partial charge on any atom is -0.273 e. The van der Waals surface area contributed by atoms with Crippen LogP contribution in [0.25, 0.3) is 0 Å². The van der Waals surface area contributed by atoms with Crippen LogP contribution in [-0.2, 0) is 9.63 Å². The quantitative estimate of drug-likeness (QED) is 0.753. The van der Waals surface area contributed by atoms with Gasteiger partial charge in [-0.25, -0.2) is 5.06 Å². The highest BCUT2D eigenvalue weighted by atomic mass is 32.2. The summed E-state index contributed by atoms with van der Waals surface area (Å²) < 4.78 is 0. The largest absolute Gasteiger partial charge is 0.273 e. The van der Waals surface area contributed by atoms with Crippen LogP contribution in [0.15, 0.2) is 35.2 Å². The summed E-state index contributed by atoms with van der Waals surface area (Å²) in [5.41, 5.74) is 0. The van der Waals surface area contributed by atoms with Gasteiger partial charge in [-0.05, 0) is 18.6 Å². The Hall–Kier alpha value is -1.00. The Morgan fingerprint density at radius 3 is 2.88 bits per heavy atom. The first-order valence-electron chi connectivity index (χ1n) is 5.47. The summed E-state index contributed by atoms with van der Waals surface area (Å²) in [4.78, 5) is 18.0. The van der Waals surface area contributed by atoms with Gasteiger partial charge < -0.3 is 0 Å². The van der Waals surface area contributed by atoms with Crippen molar-refractivity contribution in [2.45, 2.75) is 17.7 Å². The smallest absolute Gasteiger partial charge is 0.246 e. The van der Waals surface area contributed by atoms with Gasteiger partial charge in [-0.15, -0.1) is 11.8 Å². The summed E-state index contributed by atoms with van der Waals surface area (Å²) in [6.07, 6.45) is 1.50. The molecule has 16 heavy (non-hydrogen) atoms. The van der Waals surface area contributed by atoms with Gasteiger partial charge in [0.15, 0.2) is 0 Å². The van der Waals surface area contributed by atoms with Gasteiger partial charge in [-0.3, -0.25) is 9.63 Å². The van der Waals surface area contributed by atoms with E-state index in [1.54, 1.807) is 11.8 Å². The maximum absolute atomic E-state index is 11.6. The fourth-order valence-corrected chi connectivity index (χ4v) is 2.40. The third-order valence-electron chi connectivity index (χ3n) is 2.36. The van der Waals surface area contributed by atoms with Crippen LogP contribution in [0.5, 0.6) is 0 Å². The summed E-state index contributed by atoms with van der Waals surface area (Å²) in [5.74, 6) is 0.906. The number of hydrogen-bond acceptors (Lipinski definition) is 3. The molecule has 3 nitrogen and oxygen atoms in total. The lowest BCUT2D eigenvalue weighted by Gasteiger charge is -2.13. The molecule has 1 aromatic carbocycles. The predicted molar refractivity (Wildman–Crippen MR) is 64.1 cm³/mol. The highest BCUT2D eigenvalue weighted by Crippen LogP contribution is 2.18. The summed E-state index contributed by atoms with van der Waals surface area (Å²) >= 11 is 1.70. The average molecular weight is 237 g/mol. The third kappa shape index (κ3) is 3.25. The van der Waals surface area contributed by atoms with E-state index in [-0.39, 0.29) is 5.91 Å². The van der Waals surface area contributed by atoms with Crippen molar-refractivity contribution in [2.75, 3.05) is 18.9 Å². The van der Waals surface area contributed by atoms with Crippen LogP contribution in [0.2, 0.25) is 0 Å². The zero-order valence-electron chi connectivity index (χ0n) is 9.09. The SMILES string of the molecule is O=C(CCSc1ccccc1)N1CCCO1. The van der Waals surface area contributed by atoms with Gasteiger partial charge in [0.25, 0.3) is 0 Å². The minimum atomic E-state index is 0.0981. The van der Waals surface area contributed by atoms with E-state index in [0.29, 0.717) is 13.0 Å². The molecule has 0 unspecified atom stereocenters. The van der Waals surface area contributed by atoms with Crippen molar-refractivity contribution in [1.29, 1.82) is 0 Å². The molecule has 0 radical (unpaired) electrons. The summed E-state index contributed by atoms with van der Waals surface area (Å²) in [6.45, 7) is 1.42. The molecule has 1 heterocycles. The summed E-state index contributed by atoms with van der Waals surface area (Å²) in [7, 11) is 0. The highest BCUT2D eigenvalue weighted by Gasteiger charge is 2.18. The van der Waals surface area contributed by atoms with E-state index in [0.717, 1.165) is 18.7 Å². The van der Waals surface area contributed by atoms with Crippen LogP contribution in [0.1, 0.15) is 12.8 Å². The van der Waals surface area contributed by atoms with Gasteiger partial charge in [-0.2, -0.15) is 0 Å². The lowest BCUT2D eigenvalue weighted by molar-refractivity contribution is -0.168. The molecule has 0 spiro atoms. The monoisotopic (exact) mass is 237 g/mol. The third-order valence-corrected chi connectivity index (χ3v) is 3.37. The van der Waals surface area contributed by atoms with Crippen LogP contribution in [0.3, 0.4) is 0 Å². The molecule has 1 aliphatic rings. The molecule has 1 aliphatic heterocycles. The molecule has 0 aromatic heterocycles. The second-order valence-electron chi connectivity index (χ2n) is 3.59. The molecule has 0 bridgehead atoms. The number of benzene rings is 1. The zero-order chi connectivity index (χ0) is 11.2. The minimum absolute atomic E-state index is 0.0981. The first kappa shape index (κ1) is 11.5. The predicted octanol–water partition coefficient (Wildman–Crippen LogP) is 2.33. The Morgan fingerprint density at radius 2 is 2.19 bits per heavy atom. The number of hydrogen-bond donors (Lipinski definition) is 0. The van der Waals surface area contributed by atoms with E-state index >= 15 is 0 Å². The molecular formula is C12H15NO2S. The topological polar surface area (TPSA) is 29.5 Å². The Bertz CT molecular complexity index is 336. The fraction of sp³-hybridized carbons (Fsp3) is 0.417. The van der Waals surface area contributed by atoms with E-state index in [1.807, 2.05) is 18.2 Å². The lowest BCUT2D eigenvalue weighted by Crippen LogP contribution is -2.26. The number of rotatable bonds is 4. The number of carbonyl (C=O) groups excluding carboxylic acids is 1. The first-order valence-corrected chi connectivity index (χ1v) is 6.46. The van der Waals surface area contributed by atoms with E-state index < -0.39 is 0 Å². The van der Waals surface area contributed by atoms with Gasteiger partial charge in [-0.1, -0.05) is 18.2 Å². The maximum Gasteiger partial charge on any atom is 0.246 e. The van der Waals surface area contributed by atoms with Crippen LogP contribution < -0.4 is 0 Å². The molecule has 1 aromatic rings. The molecule has 0 N–H and O–H groups in total. The molecule has 2 rings (SSSR count). The number of nitrogens with zero attached hydrogens (tertiary/aromatic N) is 1. The van der Waals surface area contributed by atoms with Crippen LogP contribution in [0.4, 0.5) is 0 Å². The second-order valence-corrected chi connectivity index (χ2v) is 4.76. The van der Waals surface area contributed by atoms with Crippen molar-refractivity contribution in [3.63, 3.8) is 0 Å². The highest BCUT2D eigenvalue weighted by molar-refractivity contribution is 7.99. The van der Waals surface area contributed by atoms with Gasteiger partial charge in [0.2, 0.25) is 5.91 Å². The number of hydroxylamine groups is 2. The Morgan fingerprint density at radius 1 is 1.38 bits per heavy atom. The second kappa shape index (κ2) is 5.92. The van der Waals surface area contributed by atoms with Crippen LogP contribution >= 0.6 is 11.8 Å². The molecule has 86 valence electrons. The number of amides is 1. The Labute approximate surface area is 99.7 Å². The van der Waals surface area contributed by atoms with Gasteiger partial charge in [0.1, 0.15) is 0 Å². The molecular weight excluding hydrogens is 222 g/mol. The Balaban J connectivity index is 1.70. The molecule has 1 amide bonds. The van der Waals surface area contributed by atoms with Crippen LogP contribution in [0, 0.1) is 0 Å². The van der Waals surface area contributed by atoms with Crippen molar-refractivity contribution in [3.8, 4) is 0 Å². The van der Waals surface area contributed by atoms with Crippen molar-refractivity contribution in [1.82, 2.24) is 5.06 Å². The average Bonchev–Trinajstić information content (AvgIpc) is 2.84. The molecule has 0 saturated carbocycles. The number of carbonyl (C=O) groups is 1. The standard InChI is InChI=1S/C12H15NO2S/c14-12(13-8-4-9-15-13)7-10-16-11-5-2-1-3-6-11/h1-3,5-6H,4,7-10H2. The Kier molecular flexibility index (Phi) is 4.25. The zero-order valence-corrected chi connectivity index (χ0v) is 9.91. The molecule has 0 aliphatic carbocycles. The van der Waals surface area contributed by atoms with E-state index in [9.17, 15) is 4.79 Å². The van der Waals surface area contributed by atoms with E-state index in [2.05, 4.69) is 12.1 Å². The van der Waals surface area contributed by atoms with Gasteiger partial charge >= 0.3 is 0 Å². The first-order chi connectivity index (χ1) is 7.86. The normalized spacial score (nSPS) is 15.4. The van der Waals surface area contributed by atoms with Gasteiger partial charge in [0, 0.05) is 17.1 Å². The van der Waals surface area contributed by atoms with Crippen molar-refractivity contribution < 1.29 is 9.63 Å². The van der Waals surface area contributed by atoms with Crippen LogP contribution in [-0.4, -0.2) is 29.9 Å². The fourth-order valence-electron chi connectivity index (χ4n) is 1.54. The van der Waals surface area contributed by atoms with E-state index in [4.69, 9.17) is 4.84 Å². The molecule has 0 atom stereocenters. The molecule has 1 fully saturated rings. The molecule has 1 saturated heterocycles. The van der Waals surface area contributed by atoms with Crippen molar-refractivity contribution in [3.05, 3.63) is 30.3 Å². The lowest BCUT2D eigenvalue weighted by atomic mass is 10.4. The maximum atomic E-state index is 11.6.